The van der Waals surface area contributed by atoms with Crippen molar-refractivity contribution in [2.45, 2.75) is 25.4 Å². The van der Waals surface area contributed by atoms with Crippen LogP contribution in [0.1, 0.15) is 18.4 Å². The molecule has 11 heteroatoms. The average molecular weight is 523 g/mol. The van der Waals surface area contributed by atoms with Gasteiger partial charge in [-0.05, 0) is 42.7 Å². The van der Waals surface area contributed by atoms with Gasteiger partial charge in [0, 0.05) is 38.0 Å². The summed E-state index contributed by atoms with van der Waals surface area (Å²) in [6.45, 7) is 2.97. The number of methoxy groups -OCH3 is 1. The average Bonchev–Trinajstić information content (AvgIpc) is 3.32. The fourth-order valence-electron chi connectivity index (χ4n) is 4.65. The first-order valence-electron chi connectivity index (χ1n) is 12.6. The van der Waals surface area contributed by atoms with Crippen molar-refractivity contribution >= 4 is 28.8 Å². The maximum Gasteiger partial charge on any atom is 0.414 e. The lowest BCUT2D eigenvalue weighted by molar-refractivity contribution is -0.137. The van der Waals surface area contributed by atoms with Gasteiger partial charge in [-0.2, -0.15) is 0 Å². The van der Waals surface area contributed by atoms with Gasteiger partial charge in [0.25, 0.3) is 0 Å². The van der Waals surface area contributed by atoms with Crippen molar-refractivity contribution in [2.75, 3.05) is 51.4 Å². The molecule has 1 N–H and O–H groups in total. The van der Waals surface area contributed by atoms with Crippen LogP contribution in [-0.2, 0) is 16.0 Å². The number of rotatable bonds is 11. The molecule has 1 fully saturated rings. The molecule has 1 unspecified atom stereocenters. The number of carboxylic acid groups (broad SMARTS) is 1. The Kier molecular flexibility index (Phi) is 7.73. The van der Waals surface area contributed by atoms with Crippen LogP contribution >= 0.6 is 0 Å². The summed E-state index contributed by atoms with van der Waals surface area (Å²) in [5.74, 6) is 0.933. The molecule has 1 aromatic carbocycles. The van der Waals surface area contributed by atoms with Crippen LogP contribution in [0.4, 0.5) is 10.5 Å². The van der Waals surface area contributed by atoms with Crippen LogP contribution in [0.15, 0.2) is 42.6 Å². The van der Waals surface area contributed by atoms with E-state index in [1.165, 1.54) is 0 Å². The van der Waals surface area contributed by atoms with Gasteiger partial charge in [0.2, 0.25) is 5.88 Å². The zero-order chi connectivity index (χ0) is 26.5. The molecule has 4 heterocycles. The summed E-state index contributed by atoms with van der Waals surface area (Å²) < 4.78 is 22.1. The molecule has 11 nitrogen and oxygen atoms in total. The number of anilines is 1. The van der Waals surface area contributed by atoms with E-state index in [1.54, 1.807) is 36.4 Å². The largest absolute Gasteiger partial charge is 0.486 e. The standard InChI is InChI=1S/C27H30N4O7/c1-35-24-5-3-21-26(29-24)18(6-10-28-21)7-11-30(13-9-25(32)33)12-8-20-17-31(27(34)38-20)19-2-4-22-23(16-19)37-15-14-36-22/h2-6,10,16,20H,7-9,11-15,17H2,1H3,(H,32,33). The monoisotopic (exact) mass is 522 g/mol. The molecule has 2 aliphatic heterocycles. The Hall–Kier alpha value is -4.12. The Balaban J connectivity index is 1.22. The summed E-state index contributed by atoms with van der Waals surface area (Å²) in [4.78, 5) is 36.5. The highest BCUT2D eigenvalue weighted by Crippen LogP contribution is 2.35. The van der Waals surface area contributed by atoms with Gasteiger partial charge < -0.3 is 29.0 Å². The first-order valence-corrected chi connectivity index (χ1v) is 12.6. The Labute approximate surface area is 219 Å². The van der Waals surface area contributed by atoms with E-state index in [0.717, 1.165) is 16.6 Å². The second-order valence-electron chi connectivity index (χ2n) is 9.16. The number of nitrogens with zero attached hydrogens (tertiary/aromatic N) is 4. The molecule has 0 spiro atoms. The Morgan fingerprint density at radius 3 is 2.79 bits per heavy atom. The van der Waals surface area contributed by atoms with E-state index in [4.69, 9.17) is 18.9 Å². The molecule has 2 aliphatic rings. The number of hydrogen-bond acceptors (Lipinski definition) is 9. The summed E-state index contributed by atoms with van der Waals surface area (Å²) >= 11 is 0. The Morgan fingerprint density at radius 1 is 1.13 bits per heavy atom. The van der Waals surface area contributed by atoms with Gasteiger partial charge in [-0.3, -0.25) is 14.7 Å². The highest BCUT2D eigenvalue weighted by Gasteiger charge is 2.33. The molecular formula is C27H30N4O7. The van der Waals surface area contributed by atoms with Crippen LogP contribution in [-0.4, -0.2) is 84.6 Å². The van der Waals surface area contributed by atoms with Crippen molar-refractivity contribution in [3.63, 3.8) is 0 Å². The molecule has 0 bridgehead atoms. The molecular weight excluding hydrogens is 492 g/mol. The number of cyclic esters (lactones) is 1. The van der Waals surface area contributed by atoms with Crippen molar-refractivity contribution in [2.24, 2.45) is 0 Å². The third-order valence-corrected chi connectivity index (χ3v) is 6.67. The SMILES string of the molecule is COc1ccc2nccc(CCN(CCC(=O)O)CCC3CN(c4ccc5c(c4)OCCO5)C(=O)O3)c2n1. The molecule has 3 aromatic rings. The topological polar surface area (TPSA) is 124 Å². The van der Waals surface area contributed by atoms with E-state index < -0.39 is 12.1 Å². The molecule has 5 rings (SSSR count). The summed E-state index contributed by atoms with van der Waals surface area (Å²) in [7, 11) is 1.57. The lowest BCUT2D eigenvalue weighted by atomic mass is 10.1. The van der Waals surface area contributed by atoms with Gasteiger partial charge >= 0.3 is 12.1 Å². The second-order valence-corrected chi connectivity index (χ2v) is 9.16. The highest BCUT2D eigenvalue weighted by molar-refractivity contribution is 5.90. The summed E-state index contributed by atoms with van der Waals surface area (Å²) in [5.41, 5.74) is 3.24. The number of fused-ring (bicyclic) bond motifs is 2. The molecule has 2 aromatic heterocycles. The van der Waals surface area contributed by atoms with Gasteiger partial charge in [0.15, 0.2) is 11.5 Å². The lowest BCUT2D eigenvalue weighted by Crippen LogP contribution is -2.32. The first-order chi connectivity index (χ1) is 18.5. The molecule has 0 aliphatic carbocycles. The number of pyridine rings is 2. The van der Waals surface area contributed by atoms with E-state index >= 15 is 0 Å². The number of carbonyl (C=O) groups excluding carboxylic acids is 1. The normalized spacial score (nSPS) is 16.6. The van der Waals surface area contributed by atoms with Crippen LogP contribution in [0.5, 0.6) is 17.4 Å². The number of aromatic nitrogens is 2. The fourth-order valence-corrected chi connectivity index (χ4v) is 4.65. The van der Waals surface area contributed by atoms with Crippen molar-refractivity contribution in [1.82, 2.24) is 14.9 Å². The minimum atomic E-state index is -0.854. The maximum absolute atomic E-state index is 12.6. The third-order valence-electron chi connectivity index (χ3n) is 6.67. The number of carbonyl (C=O) groups is 2. The number of carboxylic acids is 1. The van der Waals surface area contributed by atoms with E-state index in [-0.39, 0.29) is 12.5 Å². The fraction of sp³-hybridized carbons (Fsp3) is 0.407. The summed E-state index contributed by atoms with van der Waals surface area (Å²) in [5, 5.41) is 9.25. The summed E-state index contributed by atoms with van der Waals surface area (Å²) in [6, 6.07) is 11.0. The van der Waals surface area contributed by atoms with E-state index in [9.17, 15) is 14.7 Å². The van der Waals surface area contributed by atoms with Gasteiger partial charge in [0.1, 0.15) is 19.3 Å². The Bertz CT molecular complexity index is 1320. The van der Waals surface area contributed by atoms with E-state index in [2.05, 4.69) is 14.9 Å². The minimum absolute atomic E-state index is 0.0247. The Morgan fingerprint density at radius 2 is 1.97 bits per heavy atom. The predicted octanol–water partition coefficient (Wildman–Crippen LogP) is 3.14. The van der Waals surface area contributed by atoms with Crippen molar-refractivity contribution in [1.29, 1.82) is 0 Å². The van der Waals surface area contributed by atoms with Crippen molar-refractivity contribution in [3.05, 3.63) is 48.2 Å². The zero-order valence-corrected chi connectivity index (χ0v) is 21.2. The van der Waals surface area contributed by atoms with Gasteiger partial charge in [0.05, 0.1) is 36.8 Å². The van der Waals surface area contributed by atoms with Crippen LogP contribution in [0, 0.1) is 0 Å². The van der Waals surface area contributed by atoms with Crippen molar-refractivity contribution in [3.8, 4) is 17.4 Å². The van der Waals surface area contributed by atoms with Crippen molar-refractivity contribution < 1.29 is 33.6 Å². The van der Waals surface area contributed by atoms with Crippen LogP contribution in [0.2, 0.25) is 0 Å². The molecule has 0 radical (unpaired) electrons. The maximum atomic E-state index is 12.6. The smallest absolute Gasteiger partial charge is 0.414 e. The molecule has 1 saturated heterocycles. The lowest BCUT2D eigenvalue weighted by Gasteiger charge is -2.23. The molecule has 1 amide bonds. The van der Waals surface area contributed by atoms with E-state index in [0.29, 0.717) is 75.3 Å². The number of aliphatic carboxylic acids is 1. The molecule has 200 valence electrons. The second kappa shape index (κ2) is 11.5. The summed E-state index contributed by atoms with van der Waals surface area (Å²) in [6.07, 6.45) is 2.29. The van der Waals surface area contributed by atoms with Gasteiger partial charge in [-0.15, -0.1) is 0 Å². The van der Waals surface area contributed by atoms with Crippen LogP contribution in [0.3, 0.4) is 0 Å². The van der Waals surface area contributed by atoms with Gasteiger partial charge in [-0.25, -0.2) is 9.78 Å². The predicted molar refractivity (Wildman–Crippen MR) is 138 cm³/mol. The number of ether oxygens (including phenoxy) is 4. The molecule has 38 heavy (non-hydrogen) atoms. The van der Waals surface area contributed by atoms with E-state index in [1.807, 2.05) is 18.2 Å². The number of benzene rings is 1. The number of hydrogen-bond donors (Lipinski definition) is 1. The highest BCUT2D eigenvalue weighted by atomic mass is 16.6. The minimum Gasteiger partial charge on any atom is -0.486 e. The van der Waals surface area contributed by atoms with Gasteiger partial charge in [-0.1, -0.05) is 0 Å². The third kappa shape index (κ3) is 5.88. The quantitative estimate of drug-likeness (QED) is 0.402. The van der Waals surface area contributed by atoms with Crippen LogP contribution in [0.25, 0.3) is 11.0 Å². The van der Waals surface area contributed by atoms with Crippen LogP contribution < -0.4 is 19.1 Å². The molecule has 0 saturated carbocycles. The zero-order valence-electron chi connectivity index (χ0n) is 21.2. The first kappa shape index (κ1) is 25.5. The molecule has 1 atom stereocenters. The number of amides is 1.